The summed E-state index contributed by atoms with van der Waals surface area (Å²) in [6.45, 7) is 6.83. The highest BCUT2D eigenvalue weighted by Crippen LogP contribution is 2.23. The van der Waals surface area contributed by atoms with Gasteiger partial charge in [-0.15, -0.1) is 0 Å². The highest BCUT2D eigenvalue weighted by Gasteiger charge is 2.36. The van der Waals surface area contributed by atoms with Gasteiger partial charge < -0.3 is 18.0 Å². The Labute approximate surface area is 210 Å². The number of hydrogen-bond acceptors (Lipinski definition) is 8. The lowest BCUT2D eigenvalue weighted by Gasteiger charge is -2.24. The molecule has 0 N–H and O–H groups in total. The van der Waals surface area contributed by atoms with E-state index in [-0.39, 0.29) is 23.4 Å². The Morgan fingerprint density at radius 1 is 0.800 bits per heavy atom. The average Bonchev–Trinajstić information content (AvgIpc) is 2.85. The van der Waals surface area contributed by atoms with E-state index in [2.05, 4.69) is 20.8 Å². The van der Waals surface area contributed by atoms with Crippen LogP contribution in [0.1, 0.15) is 59.9 Å². The maximum absolute atomic E-state index is 12.5. The molecule has 10 heteroatoms. The first kappa shape index (κ1) is 30.5. The first-order valence-electron chi connectivity index (χ1n) is 11.1. The fourth-order valence-electron chi connectivity index (χ4n) is 3.28. The molecule has 0 aliphatic carbocycles. The topological polar surface area (TPSA) is 105 Å². The summed E-state index contributed by atoms with van der Waals surface area (Å²) >= 11 is 0. The van der Waals surface area contributed by atoms with Crippen molar-refractivity contribution in [2.45, 2.75) is 45.1 Å². The van der Waals surface area contributed by atoms with Crippen molar-refractivity contribution in [3.05, 3.63) is 65.2 Å². The predicted molar refractivity (Wildman–Crippen MR) is 134 cm³/mol. The van der Waals surface area contributed by atoms with Crippen molar-refractivity contribution in [2.24, 2.45) is 0 Å². The molecule has 8 nitrogen and oxygen atoms in total. The first-order chi connectivity index (χ1) is 16.6. The quantitative estimate of drug-likeness (QED) is 0.175. The lowest BCUT2D eigenvalue weighted by molar-refractivity contribution is 0.0894. The highest BCUT2D eigenvalue weighted by atomic mass is 28.4. The molecule has 2 rings (SSSR count). The maximum atomic E-state index is 12.5. The molecule has 0 atom stereocenters. The standard InChI is InChI=1S/C25H34O6Si.O2Si/c1-25(2,3)21-12-8-19(9-13-21)23(26)18-24(27)20-10-14-22(15-11-20)31-16-7-17-32(28-4,29-5)30-6;1-3-2/h8-15H,7,16-18H2,1-6H3;. The van der Waals surface area contributed by atoms with Crippen LogP contribution in [0.4, 0.5) is 0 Å². The maximum Gasteiger partial charge on any atom is 0.549 e. The second-order valence-electron chi connectivity index (χ2n) is 8.71. The molecule has 0 radical (unpaired) electrons. The molecule has 35 heavy (non-hydrogen) atoms. The highest BCUT2D eigenvalue weighted by molar-refractivity contribution is 6.60. The van der Waals surface area contributed by atoms with Crippen LogP contribution in [0.5, 0.6) is 5.75 Å². The fraction of sp³-hybridized carbons (Fsp3) is 0.440. The SMILES string of the molecule is CO[Si](CCCOc1ccc(C(=O)CC(=O)c2ccc(C(C)(C)C)cc2)cc1)(OC)OC.O=[Si]=O. The van der Waals surface area contributed by atoms with E-state index < -0.39 is 18.1 Å². The smallest absolute Gasteiger partial charge is 0.494 e. The Bertz CT molecular complexity index is 964. The number of rotatable bonds is 12. The fourth-order valence-corrected chi connectivity index (χ4v) is 4.97. The normalized spacial score (nSPS) is 11.1. The van der Waals surface area contributed by atoms with E-state index in [1.54, 1.807) is 57.7 Å². The van der Waals surface area contributed by atoms with Crippen LogP contribution in [0, 0.1) is 0 Å². The molecular weight excluding hydrogens is 484 g/mol. The Kier molecular flexibility index (Phi) is 12.9. The largest absolute Gasteiger partial charge is 0.549 e. The molecular formula is C25H34O8Si2. The number of benzene rings is 2. The van der Waals surface area contributed by atoms with Crippen LogP contribution in [0.15, 0.2) is 48.5 Å². The number of ketones is 2. The van der Waals surface area contributed by atoms with Crippen molar-refractivity contribution in [3.63, 3.8) is 0 Å². The van der Waals surface area contributed by atoms with E-state index >= 15 is 0 Å². The summed E-state index contributed by atoms with van der Waals surface area (Å²) in [6.07, 6.45) is 0.553. The van der Waals surface area contributed by atoms with Crippen LogP contribution in [0.3, 0.4) is 0 Å². The Morgan fingerprint density at radius 2 is 1.23 bits per heavy atom. The molecule has 0 fully saturated rings. The molecule has 0 saturated heterocycles. The molecule has 0 heterocycles. The number of hydrogen-bond donors (Lipinski definition) is 0. The zero-order chi connectivity index (χ0) is 26.5. The molecule has 0 amide bonds. The van der Waals surface area contributed by atoms with E-state index in [0.29, 0.717) is 35.9 Å². The van der Waals surface area contributed by atoms with Gasteiger partial charge in [0.1, 0.15) is 5.75 Å². The molecule has 0 saturated carbocycles. The summed E-state index contributed by atoms with van der Waals surface area (Å²) in [7, 11) is 0.745. The molecule has 0 aromatic heterocycles. The minimum Gasteiger partial charge on any atom is -0.494 e. The van der Waals surface area contributed by atoms with Gasteiger partial charge in [0.2, 0.25) is 0 Å². The van der Waals surface area contributed by atoms with Crippen molar-refractivity contribution < 1.29 is 36.5 Å². The zero-order valence-electron chi connectivity index (χ0n) is 21.2. The minimum atomic E-state index is -2.59. The van der Waals surface area contributed by atoms with Gasteiger partial charge >= 0.3 is 18.1 Å². The summed E-state index contributed by atoms with van der Waals surface area (Å²) < 4.78 is 38.7. The number of carbonyl (C=O) groups is 2. The van der Waals surface area contributed by atoms with Gasteiger partial charge in [-0.2, -0.15) is 0 Å². The number of Topliss-reactive ketones (excluding diaryl/α,β-unsaturated/α-hetero) is 2. The molecule has 0 unspecified atom stereocenters. The molecule has 0 aliphatic rings. The third kappa shape index (κ3) is 9.94. The second kappa shape index (κ2) is 14.8. The average molecular weight is 519 g/mol. The van der Waals surface area contributed by atoms with Gasteiger partial charge in [0.15, 0.2) is 11.6 Å². The lowest BCUT2D eigenvalue weighted by atomic mass is 9.86. The molecule has 2 aromatic rings. The van der Waals surface area contributed by atoms with Crippen LogP contribution in [-0.2, 0) is 27.6 Å². The van der Waals surface area contributed by atoms with Crippen molar-refractivity contribution in [1.82, 2.24) is 0 Å². The molecule has 190 valence electrons. The summed E-state index contributed by atoms with van der Waals surface area (Å²) in [5, 5.41) is 0. The van der Waals surface area contributed by atoms with Crippen LogP contribution < -0.4 is 4.74 Å². The monoisotopic (exact) mass is 518 g/mol. The summed E-state index contributed by atoms with van der Waals surface area (Å²) in [5.41, 5.74) is 2.20. The van der Waals surface area contributed by atoms with Gasteiger partial charge in [-0.05, 0) is 41.7 Å². The van der Waals surface area contributed by atoms with Crippen molar-refractivity contribution in [1.29, 1.82) is 0 Å². The van der Waals surface area contributed by atoms with Crippen LogP contribution in [0.2, 0.25) is 6.04 Å². The van der Waals surface area contributed by atoms with Gasteiger partial charge in [0.25, 0.3) is 0 Å². The van der Waals surface area contributed by atoms with Crippen molar-refractivity contribution in [2.75, 3.05) is 27.9 Å². The summed E-state index contributed by atoms with van der Waals surface area (Å²) in [4.78, 5) is 25.1. The zero-order valence-corrected chi connectivity index (χ0v) is 23.2. The molecule has 2 aromatic carbocycles. The Hall–Kier alpha value is -2.51. The molecule has 0 aliphatic heterocycles. The van der Waals surface area contributed by atoms with Crippen molar-refractivity contribution in [3.8, 4) is 5.75 Å². The van der Waals surface area contributed by atoms with E-state index in [0.717, 1.165) is 5.56 Å². The van der Waals surface area contributed by atoms with Crippen molar-refractivity contribution >= 4 is 29.7 Å². The second-order valence-corrected chi connectivity index (χ2v) is 12.0. The summed E-state index contributed by atoms with van der Waals surface area (Å²) in [5.74, 6) is 0.264. The van der Waals surface area contributed by atoms with Crippen LogP contribution in [-0.4, -0.2) is 57.6 Å². The third-order valence-electron chi connectivity index (χ3n) is 5.40. The number of ether oxygens (including phenoxy) is 1. The van der Waals surface area contributed by atoms with Gasteiger partial charge in [-0.1, -0.05) is 45.0 Å². The molecule has 0 spiro atoms. The van der Waals surface area contributed by atoms with Crippen LogP contribution in [0.25, 0.3) is 0 Å². The number of carbonyl (C=O) groups excluding carboxylic acids is 2. The third-order valence-corrected chi connectivity index (χ3v) is 8.23. The van der Waals surface area contributed by atoms with E-state index in [4.69, 9.17) is 26.9 Å². The van der Waals surface area contributed by atoms with Crippen LogP contribution >= 0.6 is 0 Å². The van der Waals surface area contributed by atoms with E-state index in [9.17, 15) is 9.59 Å². The van der Waals surface area contributed by atoms with Gasteiger partial charge in [0, 0.05) is 38.5 Å². The minimum absolute atomic E-state index is 0.0175. The van der Waals surface area contributed by atoms with E-state index in [1.165, 1.54) is 0 Å². The molecule has 0 bridgehead atoms. The van der Waals surface area contributed by atoms with Gasteiger partial charge in [-0.25, -0.2) is 0 Å². The predicted octanol–water partition coefficient (Wildman–Crippen LogP) is 4.47. The lowest BCUT2D eigenvalue weighted by Crippen LogP contribution is -2.42. The van der Waals surface area contributed by atoms with Gasteiger partial charge in [-0.3, -0.25) is 18.5 Å². The summed E-state index contributed by atoms with van der Waals surface area (Å²) in [6, 6.07) is 15.0. The van der Waals surface area contributed by atoms with E-state index in [1.807, 2.05) is 12.1 Å². The van der Waals surface area contributed by atoms with Gasteiger partial charge in [0.05, 0.1) is 13.0 Å². The Morgan fingerprint density at radius 3 is 1.63 bits per heavy atom. The Balaban J connectivity index is 0.00000194. The first-order valence-corrected chi connectivity index (χ1v) is 13.8.